The van der Waals surface area contributed by atoms with Crippen molar-refractivity contribution in [1.82, 2.24) is 0 Å². The minimum Gasteiger partial charge on any atom is -0.298 e. The Bertz CT molecular complexity index is 623. The van der Waals surface area contributed by atoms with Crippen LogP contribution in [0.3, 0.4) is 0 Å². The molecule has 0 bridgehead atoms. The molecule has 0 amide bonds. The lowest BCUT2D eigenvalue weighted by Crippen LogP contribution is -2.26. The van der Waals surface area contributed by atoms with Crippen LogP contribution in [0.5, 0.6) is 0 Å². The summed E-state index contributed by atoms with van der Waals surface area (Å²) in [4.78, 5) is 12.7. The molecule has 0 aromatic heterocycles. The van der Waals surface area contributed by atoms with Gasteiger partial charge in [0, 0.05) is 5.41 Å². The van der Waals surface area contributed by atoms with Crippen LogP contribution in [-0.4, -0.2) is 5.78 Å². The van der Waals surface area contributed by atoms with Crippen molar-refractivity contribution in [2.75, 3.05) is 0 Å². The highest BCUT2D eigenvalue weighted by molar-refractivity contribution is 5.90. The molecule has 0 saturated heterocycles. The molecular formula is C22H24O. The molecule has 1 heteroatoms. The second kappa shape index (κ2) is 7.73. The number of carbonyl (C=O) groups excluding carboxylic acids is 1. The molecule has 23 heavy (non-hydrogen) atoms. The summed E-state index contributed by atoms with van der Waals surface area (Å²) < 4.78 is 0. The van der Waals surface area contributed by atoms with Crippen LogP contribution < -0.4 is 0 Å². The number of allylic oxidation sites excluding steroid dienone is 2. The molecule has 0 fully saturated rings. The summed E-state index contributed by atoms with van der Waals surface area (Å²) in [5.74, 6) is -0.00715. The number of benzene rings is 2. The van der Waals surface area contributed by atoms with E-state index >= 15 is 0 Å². The molecule has 0 aliphatic carbocycles. The van der Waals surface area contributed by atoms with E-state index in [1.165, 1.54) is 0 Å². The van der Waals surface area contributed by atoms with Crippen molar-refractivity contribution in [3.8, 4) is 0 Å². The molecule has 118 valence electrons. The average Bonchev–Trinajstić information content (AvgIpc) is 2.55. The second-order valence-electron chi connectivity index (χ2n) is 6.68. The van der Waals surface area contributed by atoms with Gasteiger partial charge in [-0.2, -0.15) is 0 Å². The fourth-order valence-electron chi connectivity index (χ4n) is 2.30. The molecule has 0 radical (unpaired) electrons. The minimum absolute atomic E-state index is 0.219. The molecule has 0 unspecified atom stereocenters. The van der Waals surface area contributed by atoms with Gasteiger partial charge in [0.15, 0.2) is 0 Å². The number of carbonyl (C=O) groups is 1. The van der Waals surface area contributed by atoms with Crippen LogP contribution in [0.2, 0.25) is 0 Å². The van der Waals surface area contributed by atoms with Crippen LogP contribution >= 0.6 is 0 Å². The van der Waals surface area contributed by atoms with Crippen molar-refractivity contribution in [2.45, 2.75) is 20.8 Å². The van der Waals surface area contributed by atoms with E-state index in [-0.39, 0.29) is 17.1 Å². The van der Waals surface area contributed by atoms with Crippen molar-refractivity contribution in [2.24, 2.45) is 11.3 Å². The van der Waals surface area contributed by atoms with E-state index in [0.29, 0.717) is 0 Å². The fourth-order valence-corrected chi connectivity index (χ4v) is 2.30. The van der Waals surface area contributed by atoms with Gasteiger partial charge in [0.25, 0.3) is 0 Å². The minimum atomic E-state index is -0.368. The van der Waals surface area contributed by atoms with Crippen LogP contribution in [-0.2, 0) is 4.79 Å². The molecule has 1 nitrogen and oxygen atoms in total. The molecule has 0 N–H and O–H groups in total. The van der Waals surface area contributed by atoms with Gasteiger partial charge in [-0.1, -0.05) is 106 Å². The molecule has 2 aromatic rings. The third-order valence-corrected chi connectivity index (χ3v) is 3.63. The summed E-state index contributed by atoms with van der Waals surface area (Å²) in [6, 6.07) is 20.1. The molecule has 0 aliphatic heterocycles. The number of rotatable bonds is 5. The Morgan fingerprint density at radius 1 is 0.783 bits per heavy atom. The predicted octanol–water partition coefficient (Wildman–Crippen LogP) is 5.64. The zero-order chi connectivity index (χ0) is 16.7. The zero-order valence-electron chi connectivity index (χ0n) is 14.1. The monoisotopic (exact) mass is 304 g/mol. The maximum Gasteiger partial charge on any atom is 0.148 e. The smallest absolute Gasteiger partial charge is 0.148 e. The predicted molar refractivity (Wildman–Crippen MR) is 98.9 cm³/mol. The van der Waals surface area contributed by atoms with Crippen LogP contribution in [0.4, 0.5) is 0 Å². The molecule has 0 spiro atoms. The summed E-state index contributed by atoms with van der Waals surface area (Å²) in [6.45, 7) is 5.90. The third kappa shape index (κ3) is 5.37. The van der Waals surface area contributed by atoms with Crippen molar-refractivity contribution in [3.63, 3.8) is 0 Å². The van der Waals surface area contributed by atoms with Gasteiger partial charge in [0.2, 0.25) is 0 Å². The Balaban J connectivity index is 2.23. The summed E-state index contributed by atoms with van der Waals surface area (Å²) >= 11 is 0. The normalized spacial score (nSPS) is 12.3. The summed E-state index contributed by atoms with van der Waals surface area (Å²) in [7, 11) is 0. The van der Waals surface area contributed by atoms with E-state index in [1.807, 2.05) is 106 Å². The van der Waals surface area contributed by atoms with Gasteiger partial charge >= 0.3 is 0 Å². The number of hydrogen-bond acceptors (Lipinski definition) is 1. The molecule has 0 saturated carbocycles. The Morgan fingerprint density at radius 2 is 1.17 bits per heavy atom. The maximum atomic E-state index is 12.7. The molecular weight excluding hydrogens is 280 g/mol. The SMILES string of the molecule is CC(C)(C)C(=O)C(/C=C/c1ccccc1)/C=C/c1ccccc1. The van der Waals surface area contributed by atoms with Crippen molar-refractivity contribution in [3.05, 3.63) is 83.9 Å². The zero-order valence-corrected chi connectivity index (χ0v) is 14.1. The first-order chi connectivity index (χ1) is 11.0. The highest BCUT2D eigenvalue weighted by Crippen LogP contribution is 2.23. The lowest BCUT2D eigenvalue weighted by molar-refractivity contribution is -0.127. The maximum absolute atomic E-state index is 12.7. The van der Waals surface area contributed by atoms with Crippen molar-refractivity contribution in [1.29, 1.82) is 0 Å². The highest BCUT2D eigenvalue weighted by Gasteiger charge is 2.26. The van der Waals surface area contributed by atoms with E-state index in [2.05, 4.69) is 0 Å². The van der Waals surface area contributed by atoms with Gasteiger partial charge in [-0.15, -0.1) is 0 Å². The summed E-state index contributed by atoms with van der Waals surface area (Å²) in [6.07, 6.45) is 8.01. The van der Waals surface area contributed by atoms with E-state index in [4.69, 9.17) is 0 Å². The third-order valence-electron chi connectivity index (χ3n) is 3.63. The Kier molecular flexibility index (Phi) is 5.70. The lowest BCUT2D eigenvalue weighted by atomic mass is 9.82. The van der Waals surface area contributed by atoms with E-state index < -0.39 is 0 Å². The number of ketones is 1. The van der Waals surface area contributed by atoms with Gasteiger partial charge in [0.05, 0.1) is 5.92 Å². The molecule has 0 atom stereocenters. The van der Waals surface area contributed by atoms with Crippen LogP contribution in [0.25, 0.3) is 12.2 Å². The van der Waals surface area contributed by atoms with Crippen LogP contribution in [0, 0.1) is 11.3 Å². The number of Topliss-reactive ketones (excluding diaryl/α,β-unsaturated/α-hetero) is 1. The lowest BCUT2D eigenvalue weighted by Gasteiger charge is -2.20. The molecule has 2 aromatic carbocycles. The highest BCUT2D eigenvalue weighted by atomic mass is 16.1. The Morgan fingerprint density at radius 3 is 1.52 bits per heavy atom. The van der Waals surface area contributed by atoms with Crippen molar-refractivity contribution < 1.29 is 4.79 Å². The van der Waals surface area contributed by atoms with Gasteiger partial charge in [-0.3, -0.25) is 4.79 Å². The second-order valence-corrected chi connectivity index (χ2v) is 6.68. The molecule has 0 aliphatic rings. The Labute approximate surface area is 139 Å². The first-order valence-corrected chi connectivity index (χ1v) is 7.97. The Hall–Kier alpha value is -2.41. The van der Waals surface area contributed by atoms with Gasteiger partial charge in [-0.05, 0) is 11.1 Å². The average molecular weight is 304 g/mol. The standard InChI is InChI=1S/C22H24O/c1-22(2,3)21(23)20(16-14-18-10-6-4-7-11-18)17-15-19-12-8-5-9-13-19/h4-17,20H,1-3H3/b16-14+,17-15+. The fraction of sp³-hybridized carbons (Fsp3) is 0.227. The topological polar surface area (TPSA) is 17.1 Å². The first kappa shape index (κ1) is 17.0. The van der Waals surface area contributed by atoms with Crippen molar-refractivity contribution >= 4 is 17.9 Å². The van der Waals surface area contributed by atoms with E-state index in [1.54, 1.807) is 0 Å². The largest absolute Gasteiger partial charge is 0.298 e. The quantitative estimate of drug-likeness (QED) is 0.698. The van der Waals surface area contributed by atoms with E-state index in [0.717, 1.165) is 11.1 Å². The molecule has 0 heterocycles. The summed E-state index contributed by atoms with van der Waals surface area (Å²) in [5.41, 5.74) is 1.84. The van der Waals surface area contributed by atoms with Gasteiger partial charge in [-0.25, -0.2) is 0 Å². The first-order valence-electron chi connectivity index (χ1n) is 7.97. The van der Waals surface area contributed by atoms with Gasteiger partial charge in [0.1, 0.15) is 5.78 Å². The number of hydrogen-bond donors (Lipinski definition) is 0. The van der Waals surface area contributed by atoms with E-state index in [9.17, 15) is 4.79 Å². The van der Waals surface area contributed by atoms with Gasteiger partial charge < -0.3 is 0 Å². The molecule has 2 rings (SSSR count). The van der Waals surface area contributed by atoms with Crippen LogP contribution in [0.15, 0.2) is 72.8 Å². The van der Waals surface area contributed by atoms with Crippen LogP contribution in [0.1, 0.15) is 31.9 Å². The summed E-state index contributed by atoms with van der Waals surface area (Å²) in [5, 5.41) is 0.